The third kappa shape index (κ3) is 2.14. The minimum Gasteiger partial charge on any atom is -0.343 e. The van der Waals surface area contributed by atoms with Gasteiger partial charge >= 0.3 is 0 Å². The molecule has 7 nitrogen and oxygen atoms in total. The molecule has 7 heteroatoms. The van der Waals surface area contributed by atoms with E-state index >= 15 is 0 Å². The van der Waals surface area contributed by atoms with Gasteiger partial charge < -0.3 is 10.6 Å². The van der Waals surface area contributed by atoms with Gasteiger partial charge in [-0.05, 0) is 50.6 Å². The number of piperidine rings is 1. The summed E-state index contributed by atoms with van der Waals surface area (Å²) in [6, 6.07) is 0. The van der Waals surface area contributed by atoms with Crippen molar-refractivity contribution < 1.29 is 4.79 Å². The molecule has 3 fully saturated rings. The molecule has 114 valence electrons. The van der Waals surface area contributed by atoms with Crippen LogP contribution in [0, 0.1) is 11.3 Å². The van der Waals surface area contributed by atoms with E-state index in [2.05, 4.69) is 31.3 Å². The van der Waals surface area contributed by atoms with E-state index in [4.69, 9.17) is 0 Å². The quantitative estimate of drug-likeness (QED) is 0.752. The van der Waals surface area contributed by atoms with Crippen LogP contribution >= 0.6 is 0 Å². The number of hydrogen-bond donors (Lipinski definition) is 3. The first kappa shape index (κ1) is 13.2. The number of rotatable bonds is 3. The summed E-state index contributed by atoms with van der Waals surface area (Å²) in [6.45, 7) is 2.08. The van der Waals surface area contributed by atoms with Crippen molar-refractivity contribution in [3.63, 3.8) is 0 Å². The van der Waals surface area contributed by atoms with E-state index in [1.165, 1.54) is 0 Å². The Bertz CT molecular complexity index is 516. The summed E-state index contributed by atoms with van der Waals surface area (Å²) in [5.74, 6) is 1.03. The van der Waals surface area contributed by atoms with Gasteiger partial charge in [0.1, 0.15) is 5.54 Å². The summed E-state index contributed by atoms with van der Waals surface area (Å²) in [7, 11) is 0. The Morgan fingerprint density at radius 2 is 1.95 bits per heavy atom. The van der Waals surface area contributed by atoms with Crippen LogP contribution in [-0.4, -0.2) is 39.6 Å². The maximum atomic E-state index is 12.7. The molecule has 1 spiro atoms. The molecule has 2 heterocycles. The topological polar surface area (TPSA) is 95.6 Å². The second kappa shape index (κ2) is 4.76. The van der Waals surface area contributed by atoms with Crippen LogP contribution in [0.4, 0.5) is 0 Å². The van der Waals surface area contributed by atoms with Crippen molar-refractivity contribution in [3.8, 4) is 0 Å². The number of nitrogens with one attached hydrogen (secondary N) is 3. The number of aromatic amines is 1. The second-order valence-corrected chi connectivity index (χ2v) is 6.88. The van der Waals surface area contributed by atoms with Crippen molar-refractivity contribution in [1.82, 2.24) is 31.3 Å². The molecule has 1 saturated heterocycles. The van der Waals surface area contributed by atoms with Gasteiger partial charge in [0.2, 0.25) is 5.91 Å². The predicted octanol–water partition coefficient (Wildman–Crippen LogP) is 0.475. The highest BCUT2D eigenvalue weighted by molar-refractivity contribution is 5.83. The van der Waals surface area contributed by atoms with Crippen molar-refractivity contribution >= 4 is 5.91 Å². The van der Waals surface area contributed by atoms with Crippen LogP contribution in [0.1, 0.15) is 50.8 Å². The SMILES string of the molecule is O=C(NC1(c2nn[nH]n2)CCCC1)C1CC12CCNCC2. The molecule has 4 rings (SSSR count). The van der Waals surface area contributed by atoms with E-state index in [-0.39, 0.29) is 22.8 Å². The minimum atomic E-state index is -0.388. The number of tetrazole rings is 1. The van der Waals surface area contributed by atoms with E-state index in [1.807, 2.05) is 0 Å². The van der Waals surface area contributed by atoms with E-state index in [9.17, 15) is 4.79 Å². The lowest BCUT2D eigenvalue weighted by atomic mass is 9.90. The number of aromatic nitrogens is 4. The van der Waals surface area contributed by atoms with Crippen LogP contribution in [0.15, 0.2) is 0 Å². The summed E-state index contributed by atoms with van der Waals surface area (Å²) < 4.78 is 0. The Labute approximate surface area is 123 Å². The first-order chi connectivity index (χ1) is 10.2. The maximum absolute atomic E-state index is 12.7. The van der Waals surface area contributed by atoms with Gasteiger partial charge in [-0.25, -0.2) is 0 Å². The molecule has 1 amide bonds. The first-order valence-corrected chi connectivity index (χ1v) is 8.01. The Kier molecular flexibility index (Phi) is 2.99. The van der Waals surface area contributed by atoms with Gasteiger partial charge in [0.05, 0.1) is 0 Å². The molecule has 0 radical (unpaired) electrons. The number of carbonyl (C=O) groups is 1. The third-order valence-electron chi connectivity index (χ3n) is 5.70. The Morgan fingerprint density at radius 1 is 1.19 bits per heavy atom. The Balaban J connectivity index is 1.48. The van der Waals surface area contributed by atoms with E-state index in [0.29, 0.717) is 5.82 Å². The standard InChI is InChI=1S/C14H22N6O/c21-11(10-9-13(10)5-7-15-8-6-13)16-14(3-1-2-4-14)12-17-19-20-18-12/h10,15H,1-9H2,(H,16,21)(H,17,18,19,20). The molecule has 21 heavy (non-hydrogen) atoms. The number of hydrogen-bond acceptors (Lipinski definition) is 5. The van der Waals surface area contributed by atoms with Crippen molar-refractivity contribution in [2.45, 2.75) is 50.5 Å². The first-order valence-electron chi connectivity index (χ1n) is 8.01. The van der Waals surface area contributed by atoms with Crippen molar-refractivity contribution in [1.29, 1.82) is 0 Å². The zero-order valence-corrected chi connectivity index (χ0v) is 12.2. The molecule has 0 aromatic carbocycles. The lowest BCUT2D eigenvalue weighted by Crippen LogP contribution is -2.46. The molecule has 0 bridgehead atoms. The van der Waals surface area contributed by atoms with Crippen LogP contribution in [0.3, 0.4) is 0 Å². The fourth-order valence-corrected chi connectivity index (χ4v) is 4.27. The van der Waals surface area contributed by atoms with Crippen LogP contribution in [0.25, 0.3) is 0 Å². The van der Waals surface area contributed by atoms with Crippen molar-refractivity contribution in [2.24, 2.45) is 11.3 Å². The van der Waals surface area contributed by atoms with Crippen molar-refractivity contribution in [2.75, 3.05) is 13.1 Å². The molecule has 3 aliphatic rings. The molecular weight excluding hydrogens is 268 g/mol. The van der Waals surface area contributed by atoms with Crippen LogP contribution < -0.4 is 10.6 Å². The number of nitrogens with zero attached hydrogens (tertiary/aromatic N) is 3. The van der Waals surface area contributed by atoms with Gasteiger partial charge in [-0.3, -0.25) is 4.79 Å². The van der Waals surface area contributed by atoms with Crippen LogP contribution in [0.5, 0.6) is 0 Å². The zero-order chi connectivity index (χ0) is 14.3. The average molecular weight is 290 g/mol. The van der Waals surface area contributed by atoms with E-state index in [1.54, 1.807) is 0 Å². The normalized spacial score (nSPS) is 29.4. The third-order valence-corrected chi connectivity index (χ3v) is 5.70. The van der Waals surface area contributed by atoms with Gasteiger partial charge in [-0.15, -0.1) is 10.2 Å². The summed E-state index contributed by atoms with van der Waals surface area (Å²) in [4.78, 5) is 12.7. The highest BCUT2D eigenvalue weighted by Crippen LogP contribution is 2.59. The van der Waals surface area contributed by atoms with Crippen molar-refractivity contribution in [3.05, 3.63) is 5.82 Å². The lowest BCUT2D eigenvalue weighted by Gasteiger charge is -2.28. The molecule has 1 aromatic heterocycles. The highest BCUT2D eigenvalue weighted by Gasteiger charge is 2.58. The zero-order valence-electron chi connectivity index (χ0n) is 12.2. The lowest BCUT2D eigenvalue weighted by molar-refractivity contribution is -0.125. The van der Waals surface area contributed by atoms with Gasteiger partial charge in [-0.1, -0.05) is 18.1 Å². The molecular formula is C14H22N6O. The smallest absolute Gasteiger partial charge is 0.224 e. The van der Waals surface area contributed by atoms with Crippen LogP contribution in [-0.2, 0) is 10.3 Å². The molecule has 3 N–H and O–H groups in total. The summed E-state index contributed by atoms with van der Waals surface area (Å²) >= 11 is 0. The molecule has 2 aliphatic carbocycles. The monoisotopic (exact) mass is 290 g/mol. The highest BCUT2D eigenvalue weighted by atomic mass is 16.2. The minimum absolute atomic E-state index is 0.184. The fourth-order valence-electron chi connectivity index (χ4n) is 4.27. The Hall–Kier alpha value is -1.50. The molecule has 1 aromatic rings. The van der Waals surface area contributed by atoms with E-state index in [0.717, 1.165) is 58.0 Å². The molecule has 1 unspecified atom stereocenters. The molecule has 2 saturated carbocycles. The molecule has 1 aliphatic heterocycles. The second-order valence-electron chi connectivity index (χ2n) is 6.88. The predicted molar refractivity (Wildman–Crippen MR) is 75.1 cm³/mol. The summed E-state index contributed by atoms with van der Waals surface area (Å²) in [6.07, 6.45) is 7.34. The number of amides is 1. The van der Waals surface area contributed by atoms with Gasteiger partial charge in [0.25, 0.3) is 0 Å². The fraction of sp³-hybridized carbons (Fsp3) is 0.857. The largest absolute Gasteiger partial charge is 0.343 e. The van der Waals surface area contributed by atoms with Gasteiger partial charge in [0.15, 0.2) is 5.82 Å². The number of H-pyrrole nitrogens is 1. The van der Waals surface area contributed by atoms with E-state index < -0.39 is 0 Å². The van der Waals surface area contributed by atoms with Gasteiger partial charge in [-0.2, -0.15) is 5.21 Å². The Morgan fingerprint density at radius 3 is 2.62 bits per heavy atom. The number of carbonyl (C=O) groups excluding carboxylic acids is 1. The summed E-state index contributed by atoms with van der Waals surface area (Å²) in [5, 5.41) is 21.1. The molecule has 1 atom stereocenters. The average Bonchev–Trinajstić information content (AvgIpc) is 2.95. The maximum Gasteiger partial charge on any atom is 0.224 e. The summed E-state index contributed by atoms with van der Waals surface area (Å²) in [5.41, 5.74) is -0.118. The van der Waals surface area contributed by atoms with Gasteiger partial charge in [0, 0.05) is 5.92 Å². The van der Waals surface area contributed by atoms with Crippen LogP contribution in [0.2, 0.25) is 0 Å².